The zero-order valence-electron chi connectivity index (χ0n) is 17.3. The van der Waals surface area contributed by atoms with E-state index in [0.717, 1.165) is 31.7 Å². The van der Waals surface area contributed by atoms with Crippen LogP contribution in [0.1, 0.15) is 15.9 Å². The number of likely N-dealkylation sites (N-methyl/N-ethyl adjacent to an activating group) is 1. The van der Waals surface area contributed by atoms with Gasteiger partial charge in [0.2, 0.25) is 5.78 Å². The molecule has 3 rings (SSSR count). The summed E-state index contributed by atoms with van der Waals surface area (Å²) < 4.78 is 19.8. The van der Waals surface area contributed by atoms with Gasteiger partial charge >= 0.3 is 0 Å². The first-order valence-electron chi connectivity index (χ1n) is 9.77. The van der Waals surface area contributed by atoms with Gasteiger partial charge in [0.1, 0.15) is 23.9 Å². The maximum atomic E-state index is 13.9. The molecule has 0 atom stereocenters. The van der Waals surface area contributed by atoms with Gasteiger partial charge in [0.05, 0.1) is 5.56 Å². The van der Waals surface area contributed by atoms with Crippen molar-refractivity contribution in [1.82, 2.24) is 14.7 Å². The zero-order valence-corrected chi connectivity index (χ0v) is 17.3. The summed E-state index contributed by atoms with van der Waals surface area (Å²) in [6.45, 7) is 3.58. The van der Waals surface area contributed by atoms with Crippen LogP contribution in [0.15, 0.2) is 60.4 Å². The number of carbonyl (C=O) groups excluding carboxylic acids is 1. The molecule has 2 aromatic carbocycles. The third kappa shape index (κ3) is 5.57. The van der Waals surface area contributed by atoms with Gasteiger partial charge in [-0.25, -0.2) is 4.39 Å². The first-order valence-corrected chi connectivity index (χ1v) is 9.77. The predicted molar refractivity (Wildman–Crippen MR) is 112 cm³/mol. The highest BCUT2D eigenvalue weighted by Gasteiger charge is 2.25. The predicted octanol–water partition coefficient (Wildman–Crippen LogP) is 3.24. The van der Waals surface area contributed by atoms with Crippen molar-refractivity contribution in [2.75, 3.05) is 47.3 Å². The molecule has 154 valence electrons. The summed E-state index contributed by atoms with van der Waals surface area (Å²) in [6.07, 6.45) is 1.83. The van der Waals surface area contributed by atoms with Gasteiger partial charge < -0.3 is 19.4 Å². The Kier molecular flexibility index (Phi) is 6.88. The van der Waals surface area contributed by atoms with Crippen molar-refractivity contribution < 1.29 is 13.9 Å². The Labute approximate surface area is 172 Å². The summed E-state index contributed by atoms with van der Waals surface area (Å²) in [5.41, 5.74) is 1.92. The topological polar surface area (TPSA) is 36.0 Å². The van der Waals surface area contributed by atoms with Crippen molar-refractivity contribution in [1.29, 1.82) is 0 Å². The van der Waals surface area contributed by atoms with Crippen LogP contribution in [0.2, 0.25) is 0 Å². The number of piperazine rings is 1. The maximum absolute atomic E-state index is 13.9. The fourth-order valence-electron chi connectivity index (χ4n) is 3.25. The molecule has 1 heterocycles. The standard InChI is InChI=1S/C23H28FN3O2/c1-25(2)16-21(27-13-11-26(3)12-14-27)23(28)20-10-9-19(24)15-22(20)29-17-18-7-5-4-6-8-18/h4-10,15-16H,11-14,17H2,1-3H3/b21-16-. The van der Waals surface area contributed by atoms with Crippen LogP contribution in [0.25, 0.3) is 0 Å². The van der Waals surface area contributed by atoms with E-state index in [0.29, 0.717) is 11.3 Å². The Balaban J connectivity index is 1.87. The number of benzene rings is 2. The number of Topliss-reactive ketones (excluding diaryl/α,β-unsaturated/α-hetero) is 1. The number of halogens is 1. The summed E-state index contributed by atoms with van der Waals surface area (Å²) in [7, 11) is 5.85. The Morgan fingerprint density at radius 3 is 2.45 bits per heavy atom. The van der Waals surface area contributed by atoms with E-state index in [1.807, 2.05) is 55.5 Å². The van der Waals surface area contributed by atoms with Crippen LogP contribution >= 0.6 is 0 Å². The molecule has 1 aliphatic heterocycles. The van der Waals surface area contributed by atoms with Gasteiger partial charge in [-0.05, 0) is 24.7 Å². The number of hydrogen-bond acceptors (Lipinski definition) is 5. The first kappa shape index (κ1) is 20.9. The number of ether oxygens (including phenoxy) is 1. The third-order valence-corrected chi connectivity index (χ3v) is 4.88. The van der Waals surface area contributed by atoms with Crippen molar-refractivity contribution in [2.24, 2.45) is 0 Å². The van der Waals surface area contributed by atoms with Crippen LogP contribution in [-0.4, -0.2) is 67.8 Å². The Bertz CT molecular complexity index is 860. The molecule has 0 aliphatic carbocycles. The number of rotatable bonds is 7. The number of ketones is 1. The lowest BCUT2D eigenvalue weighted by Crippen LogP contribution is -2.45. The average Bonchev–Trinajstić information content (AvgIpc) is 2.71. The molecule has 0 bridgehead atoms. The van der Waals surface area contributed by atoms with Crippen LogP contribution in [0.5, 0.6) is 5.75 Å². The quantitative estimate of drug-likeness (QED) is 0.530. The minimum absolute atomic E-state index is 0.161. The fraction of sp³-hybridized carbons (Fsp3) is 0.348. The van der Waals surface area contributed by atoms with E-state index < -0.39 is 5.82 Å². The Morgan fingerprint density at radius 2 is 1.79 bits per heavy atom. The second-order valence-corrected chi connectivity index (χ2v) is 7.51. The van der Waals surface area contributed by atoms with Crippen molar-refractivity contribution >= 4 is 5.78 Å². The highest BCUT2D eigenvalue weighted by Crippen LogP contribution is 2.26. The van der Waals surface area contributed by atoms with E-state index in [1.54, 1.807) is 0 Å². The van der Waals surface area contributed by atoms with Crippen LogP contribution < -0.4 is 4.74 Å². The SMILES string of the molecule is CN(C)/C=C(/C(=O)c1ccc(F)cc1OCc1ccccc1)N1CCN(C)CC1. The van der Waals surface area contributed by atoms with Crippen molar-refractivity contribution in [3.8, 4) is 5.75 Å². The number of hydrogen-bond donors (Lipinski definition) is 0. The van der Waals surface area contributed by atoms with E-state index in [9.17, 15) is 9.18 Å². The second kappa shape index (κ2) is 9.56. The second-order valence-electron chi connectivity index (χ2n) is 7.51. The molecule has 0 amide bonds. The van der Waals surface area contributed by atoms with Gasteiger partial charge in [0.15, 0.2) is 0 Å². The normalized spacial score (nSPS) is 15.3. The lowest BCUT2D eigenvalue weighted by molar-refractivity contribution is 0.0954. The minimum atomic E-state index is -0.428. The van der Waals surface area contributed by atoms with Gasteiger partial charge in [-0.1, -0.05) is 30.3 Å². The van der Waals surface area contributed by atoms with Crippen LogP contribution in [0.4, 0.5) is 4.39 Å². The number of carbonyl (C=O) groups is 1. The molecule has 0 saturated carbocycles. The molecule has 0 radical (unpaired) electrons. The average molecular weight is 397 g/mol. The van der Waals surface area contributed by atoms with E-state index in [-0.39, 0.29) is 18.1 Å². The van der Waals surface area contributed by atoms with Crippen molar-refractivity contribution in [3.05, 3.63) is 77.4 Å². The largest absolute Gasteiger partial charge is 0.488 e. The molecule has 29 heavy (non-hydrogen) atoms. The van der Waals surface area contributed by atoms with E-state index >= 15 is 0 Å². The molecule has 0 N–H and O–H groups in total. The molecular weight excluding hydrogens is 369 g/mol. The third-order valence-electron chi connectivity index (χ3n) is 4.88. The zero-order chi connectivity index (χ0) is 20.8. The van der Waals surface area contributed by atoms with Crippen molar-refractivity contribution in [3.63, 3.8) is 0 Å². The molecule has 1 fully saturated rings. The monoisotopic (exact) mass is 397 g/mol. The summed E-state index contributed by atoms with van der Waals surface area (Å²) in [4.78, 5) is 19.6. The minimum Gasteiger partial charge on any atom is -0.488 e. The summed E-state index contributed by atoms with van der Waals surface area (Å²) >= 11 is 0. The van der Waals surface area contributed by atoms with Crippen LogP contribution in [0.3, 0.4) is 0 Å². The summed E-state index contributed by atoms with van der Waals surface area (Å²) in [5, 5.41) is 0. The summed E-state index contributed by atoms with van der Waals surface area (Å²) in [5.74, 6) is -0.328. The van der Waals surface area contributed by atoms with E-state index in [2.05, 4.69) is 16.8 Å². The van der Waals surface area contributed by atoms with Crippen LogP contribution in [0, 0.1) is 5.82 Å². The number of allylic oxidation sites excluding steroid dienone is 1. The lowest BCUT2D eigenvalue weighted by Gasteiger charge is -2.35. The molecule has 1 aliphatic rings. The summed E-state index contributed by atoms with van der Waals surface area (Å²) in [6, 6.07) is 13.7. The Morgan fingerprint density at radius 1 is 1.10 bits per heavy atom. The molecule has 2 aromatic rings. The van der Waals surface area contributed by atoms with Crippen LogP contribution in [-0.2, 0) is 6.61 Å². The molecule has 6 heteroatoms. The van der Waals surface area contributed by atoms with Gasteiger partial charge in [-0.2, -0.15) is 0 Å². The molecule has 0 spiro atoms. The molecular formula is C23H28FN3O2. The number of nitrogens with zero attached hydrogens (tertiary/aromatic N) is 3. The van der Waals surface area contributed by atoms with Crippen molar-refractivity contribution in [2.45, 2.75) is 6.61 Å². The molecule has 0 unspecified atom stereocenters. The van der Waals surface area contributed by atoms with E-state index in [1.165, 1.54) is 18.2 Å². The molecule has 0 aromatic heterocycles. The highest BCUT2D eigenvalue weighted by atomic mass is 19.1. The van der Waals surface area contributed by atoms with Gasteiger partial charge in [-0.15, -0.1) is 0 Å². The van der Waals surface area contributed by atoms with Gasteiger partial charge in [0.25, 0.3) is 0 Å². The van der Waals surface area contributed by atoms with Gasteiger partial charge in [0, 0.05) is 52.5 Å². The maximum Gasteiger partial charge on any atom is 0.214 e. The van der Waals surface area contributed by atoms with E-state index in [4.69, 9.17) is 4.74 Å². The highest BCUT2D eigenvalue weighted by molar-refractivity contribution is 6.10. The molecule has 5 nitrogen and oxygen atoms in total. The Hall–Kier alpha value is -2.86. The lowest BCUT2D eigenvalue weighted by atomic mass is 10.1. The fourth-order valence-corrected chi connectivity index (χ4v) is 3.25. The first-order chi connectivity index (χ1) is 13.9. The smallest absolute Gasteiger partial charge is 0.214 e. The molecule has 1 saturated heterocycles. The van der Waals surface area contributed by atoms with Gasteiger partial charge in [-0.3, -0.25) is 4.79 Å².